The maximum absolute atomic E-state index is 13.4. The van der Waals surface area contributed by atoms with Crippen LogP contribution in [-0.2, 0) is 20.9 Å². The van der Waals surface area contributed by atoms with E-state index in [9.17, 15) is 32.8 Å². The highest BCUT2D eigenvalue weighted by atomic mass is 32.2. The Hall–Kier alpha value is -4.28. The maximum Gasteiger partial charge on any atom is 0.371 e. The van der Waals surface area contributed by atoms with Gasteiger partial charge in [-0.1, -0.05) is 78.0 Å². The number of aromatic hydroxyl groups is 1. The van der Waals surface area contributed by atoms with Crippen molar-refractivity contribution in [3.05, 3.63) is 88.0 Å². The second-order valence-corrected chi connectivity index (χ2v) is 14.4. The first-order valence-electron chi connectivity index (χ1n) is 13.9. The topological polar surface area (TPSA) is 155 Å². The number of rotatable bonds is 4. The number of aliphatic hydroxyl groups is 1. The lowest BCUT2D eigenvalue weighted by molar-refractivity contribution is -0.363. The number of para-hydroxylation sites is 1. The van der Waals surface area contributed by atoms with E-state index in [1.165, 1.54) is 12.1 Å². The van der Waals surface area contributed by atoms with Gasteiger partial charge in [0.05, 0.1) is 17.2 Å². The molecule has 3 aromatic carbocycles. The monoisotopic (exact) mass is 603 g/mol. The number of phenolic OH excluding ortho intramolecular Hbond substituents is 1. The van der Waals surface area contributed by atoms with Crippen LogP contribution in [-0.4, -0.2) is 46.7 Å². The Morgan fingerprint density at radius 2 is 1.51 bits per heavy atom. The molecule has 5 N–H and O–H groups in total. The van der Waals surface area contributed by atoms with Crippen LogP contribution in [0.25, 0.3) is 6.08 Å². The van der Waals surface area contributed by atoms with Crippen molar-refractivity contribution in [2.75, 3.05) is 5.32 Å². The quantitative estimate of drug-likeness (QED) is 0.127. The summed E-state index contributed by atoms with van der Waals surface area (Å²) >= 11 is 0. The second-order valence-electron chi connectivity index (χ2n) is 13.1. The van der Waals surface area contributed by atoms with Crippen LogP contribution < -0.4 is 10.3 Å². The molecular formula is C33H35N2O7S+. The molecule has 0 saturated heterocycles. The Morgan fingerprint density at radius 3 is 2.09 bits per heavy atom. The van der Waals surface area contributed by atoms with Gasteiger partial charge >= 0.3 is 5.90 Å². The number of ketones is 2. The van der Waals surface area contributed by atoms with Crippen molar-refractivity contribution < 1.29 is 37.8 Å². The Balaban J connectivity index is 1.54. The van der Waals surface area contributed by atoms with E-state index < -0.39 is 49.4 Å². The molecule has 0 spiro atoms. The van der Waals surface area contributed by atoms with Crippen LogP contribution in [0.5, 0.6) is 5.75 Å². The van der Waals surface area contributed by atoms with E-state index in [2.05, 4.69) is 10.3 Å². The van der Waals surface area contributed by atoms with E-state index >= 15 is 0 Å². The predicted octanol–water partition coefficient (Wildman–Crippen LogP) is 4.45. The Bertz CT molecular complexity index is 1820. The van der Waals surface area contributed by atoms with E-state index in [4.69, 9.17) is 0 Å². The minimum atomic E-state index is -4.73. The summed E-state index contributed by atoms with van der Waals surface area (Å²) in [6, 6.07) is 11.8. The van der Waals surface area contributed by atoms with Gasteiger partial charge in [0, 0.05) is 28.3 Å². The molecule has 10 heteroatoms. The largest absolute Gasteiger partial charge is 0.507 e. The van der Waals surface area contributed by atoms with Gasteiger partial charge in [-0.15, -0.1) is 0 Å². The minimum absolute atomic E-state index is 0.0554. The van der Waals surface area contributed by atoms with Crippen LogP contribution in [0.1, 0.15) is 84.5 Å². The number of hydrogen-bond donors (Lipinski definition) is 5. The van der Waals surface area contributed by atoms with E-state index in [1.807, 2.05) is 47.6 Å². The van der Waals surface area contributed by atoms with Crippen LogP contribution in [0.2, 0.25) is 0 Å². The number of aliphatic hydroxyl groups excluding tert-OH is 1. The average Bonchev–Trinajstić information content (AvgIpc) is 3.16. The minimum Gasteiger partial charge on any atom is -0.507 e. The normalized spacial score (nSPS) is 18.8. The smallest absolute Gasteiger partial charge is 0.371 e. The molecule has 5 rings (SSSR count). The maximum atomic E-state index is 13.4. The van der Waals surface area contributed by atoms with Gasteiger partial charge in [-0.05, 0) is 29.0 Å². The number of nitrogens with one attached hydrogen (secondary N) is 2. The zero-order valence-corrected chi connectivity index (χ0v) is 25.6. The Morgan fingerprint density at radius 1 is 0.907 bits per heavy atom. The molecule has 1 aliphatic heterocycles. The third kappa shape index (κ3) is 5.36. The average molecular weight is 604 g/mol. The van der Waals surface area contributed by atoms with Crippen molar-refractivity contribution in [2.24, 2.45) is 5.92 Å². The van der Waals surface area contributed by atoms with Crippen molar-refractivity contribution in [1.29, 1.82) is 0 Å². The summed E-state index contributed by atoms with van der Waals surface area (Å²) < 4.78 is 33.5. The summed E-state index contributed by atoms with van der Waals surface area (Å²) in [6.45, 7) is 11.9. The van der Waals surface area contributed by atoms with Gasteiger partial charge < -0.3 is 15.5 Å². The summed E-state index contributed by atoms with van der Waals surface area (Å²) in [4.78, 5) is 29.2. The molecule has 1 heterocycles. The van der Waals surface area contributed by atoms with Gasteiger partial charge in [-0.3, -0.25) is 14.1 Å². The van der Waals surface area contributed by atoms with E-state index in [1.54, 1.807) is 36.4 Å². The van der Waals surface area contributed by atoms with E-state index in [0.717, 1.165) is 11.6 Å². The molecule has 0 saturated carbocycles. The van der Waals surface area contributed by atoms with Gasteiger partial charge in [0.15, 0.2) is 11.6 Å². The number of anilines is 1. The number of phenols is 1. The van der Waals surface area contributed by atoms with E-state index in [-0.39, 0.29) is 22.8 Å². The Labute approximate surface area is 250 Å². The summed E-state index contributed by atoms with van der Waals surface area (Å²) in [5, 5.41) is 25.6. The molecule has 9 nitrogen and oxygen atoms in total. The predicted molar refractivity (Wildman–Crippen MR) is 164 cm³/mol. The molecule has 0 fully saturated rings. The molecule has 2 unspecified atom stereocenters. The lowest BCUT2D eigenvalue weighted by Gasteiger charge is -2.27. The standard InChI is InChI=1S/C33H34N2O7S/c1-32(2,3)20-15-18(16-21(29(20)37)33(4,5)6)31(39)35-23-11-7-9-17-13-14-22(34-27(17)23)26-28(36)19-10-8-12-24(43(40,41)42)25(19)30(26)38/h7-16,22,26,34,37H,1-6H3,(H,35,39)(H,40,41,42)/p+1. The summed E-state index contributed by atoms with van der Waals surface area (Å²) in [6.07, 6.45) is 3.42. The lowest BCUT2D eigenvalue weighted by atomic mass is 9.78. The van der Waals surface area contributed by atoms with Crippen molar-refractivity contribution in [3.8, 4) is 5.75 Å². The SMILES string of the molecule is CC(C)(C)c1cc(C(O)=[NH+]c2cccc3c2NC(C2C(=O)c4cccc(S(=O)(=O)O)c4C2=O)C=C3)cc(C(C)(C)C)c1O. The third-order valence-corrected chi connectivity index (χ3v) is 8.78. The fourth-order valence-corrected chi connectivity index (χ4v) is 6.40. The highest BCUT2D eigenvalue weighted by Gasteiger charge is 2.46. The number of carbonyl (C=O) groups excluding carboxylic acids is 2. The molecule has 0 aromatic heterocycles. The van der Waals surface area contributed by atoms with Crippen LogP contribution in [0.4, 0.5) is 11.4 Å². The molecule has 224 valence electrons. The summed E-state index contributed by atoms with van der Waals surface area (Å²) in [5.74, 6) is -2.48. The fraction of sp³-hybridized carbons (Fsp3) is 0.303. The molecular weight excluding hydrogens is 568 g/mol. The molecule has 2 aliphatic rings. The summed E-state index contributed by atoms with van der Waals surface area (Å²) in [7, 11) is -4.73. The second kappa shape index (κ2) is 10.2. The zero-order valence-electron chi connectivity index (χ0n) is 24.8. The first-order chi connectivity index (χ1) is 19.9. The first kappa shape index (κ1) is 30.2. The number of Topliss-reactive ketones (excluding diaryl/α,β-unsaturated/α-hetero) is 2. The molecule has 3 aromatic rings. The highest BCUT2D eigenvalue weighted by molar-refractivity contribution is 7.86. The molecule has 1 aliphatic carbocycles. The number of hydrogen-bond acceptors (Lipinski definition) is 6. The van der Waals surface area contributed by atoms with Crippen LogP contribution in [0.3, 0.4) is 0 Å². The molecule has 0 bridgehead atoms. The number of benzene rings is 3. The highest BCUT2D eigenvalue weighted by Crippen LogP contribution is 2.40. The number of carbonyl (C=O) groups is 2. The zero-order chi connectivity index (χ0) is 31.6. The Kier molecular flexibility index (Phi) is 7.14. The van der Waals surface area contributed by atoms with Gasteiger partial charge in [-0.25, -0.2) is 0 Å². The van der Waals surface area contributed by atoms with Crippen LogP contribution >= 0.6 is 0 Å². The van der Waals surface area contributed by atoms with E-state index in [0.29, 0.717) is 28.1 Å². The van der Waals surface area contributed by atoms with Gasteiger partial charge in [0.25, 0.3) is 10.1 Å². The number of fused-ring (bicyclic) bond motifs is 2. The van der Waals surface area contributed by atoms with Crippen molar-refractivity contribution in [3.63, 3.8) is 0 Å². The summed E-state index contributed by atoms with van der Waals surface area (Å²) in [5.41, 5.74) is 2.40. The van der Waals surface area contributed by atoms with Crippen molar-refractivity contribution >= 4 is 45.0 Å². The molecule has 0 radical (unpaired) electrons. The molecule has 0 amide bonds. The molecule has 43 heavy (non-hydrogen) atoms. The van der Waals surface area contributed by atoms with Crippen LogP contribution in [0.15, 0.2) is 59.5 Å². The molecule has 2 atom stereocenters. The lowest BCUT2D eigenvalue weighted by Crippen LogP contribution is -2.67. The van der Waals surface area contributed by atoms with Crippen molar-refractivity contribution in [1.82, 2.24) is 0 Å². The van der Waals surface area contributed by atoms with Gasteiger partial charge in [0.2, 0.25) is 5.69 Å². The fourth-order valence-electron chi connectivity index (χ4n) is 5.68. The van der Waals surface area contributed by atoms with Gasteiger partial charge in [-0.2, -0.15) is 13.4 Å². The van der Waals surface area contributed by atoms with Crippen LogP contribution in [0, 0.1) is 5.92 Å². The first-order valence-corrected chi connectivity index (χ1v) is 15.3. The van der Waals surface area contributed by atoms with Gasteiger partial charge in [0.1, 0.15) is 22.3 Å². The third-order valence-electron chi connectivity index (χ3n) is 7.88. The van der Waals surface area contributed by atoms with Crippen molar-refractivity contribution in [2.45, 2.75) is 63.3 Å².